The fraction of sp³-hybridized carbons (Fsp3) is 0.258. The highest BCUT2D eigenvalue weighted by Crippen LogP contribution is 2.33. The Morgan fingerprint density at radius 1 is 1.10 bits per heavy atom. The molecule has 7 nitrogen and oxygen atoms in total. The van der Waals surface area contributed by atoms with E-state index in [1.807, 2.05) is 86.0 Å². The number of benzene rings is 2. The van der Waals surface area contributed by atoms with Gasteiger partial charge in [-0.2, -0.15) is 0 Å². The van der Waals surface area contributed by atoms with Crippen LogP contribution in [-0.4, -0.2) is 24.3 Å². The molecule has 4 aromatic rings. The molecule has 0 amide bonds. The van der Waals surface area contributed by atoms with Crippen molar-refractivity contribution in [3.63, 3.8) is 0 Å². The second-order valence-corrected chi connectivity index (χ2v) is 11.8. The van der Waals surface area contributed by atoms with Crippen LogP contribution < -0.4 is 24.4 Å². The second kappa shape index (κ2) is 12.1. The van der Waals surface area contributed by atoms with Gasteiger partial charge in [-0.1, -0.05) is 67.6 Å². The highest BCUT2D eigenvalue weighted by atomic mass is 32.1. The standard InChI is InChI=1S/C31H30N2O5S2/c1-19(2)17-38-30(35)27-20(3)32-31-33(28(27)25-11-8-14-39-25)29(34)26(40-31)16-22-12-13-23(24(15-22)36-4)37-18-21-9-6-5-7-10-21/h5-16,19,28H,17-18H2,1-4H3/b26-16+/t28-/m1/s1. The SMILES string of the molecule is COc1cc(/C=c2/sc3n(c2=O)[C@H](c2cccs2)C(C(=O)OCC(C)C)=C(C)N=3)ccc1OCc1ccccc1. The van der Waals surface area contributed by atoms with Gasteiger partial charge in [-0.25, -0.2) is 9.79 Å². The molecule has 1 aliphatic heterocycles. The Kier molecular flexibility index (Phi) is 8.32. The van der Waals surface area contributed by atoms with Crippen LogP contribution in [0.2, 0.25) is 0 Å². The summed E-state index contributed by atoms with van der Waals surface area (Å²) in [7, 11) is 1.59. The highest BCUT2D eigenvalue weighted by molar-refractivity contribution is 7.10. The summed E-state index contributed by atoms with van der Waals surface area (Å²) in [6, 6.07) is 18.7. The van der Waals surface area contributed by atoms with Crippen molar-refractivity contribution in [3.05, 3.63) is 113 Å². The Labute approximate surface area is 240 Å². The summed E-state index contributed by atoms with van der Waals surface area (Å²) in [4.78, 5) is 33.1. The van der Waals surface area contributed by atoms with E-state index in [2.05, 4.69) is 4.99 Å². The lowest BCUT2D eigenvalue weighted by molar-refractivity contribution is -0.140. The summed E-state index contributed by atoms with van der Waals surface area (Å²) in [6.07, 6.45) is 1.81. The number of thiazole rings is 1. The first-order valence-corrected chi connectivity index (χ1v) is 14.6. The van der Waals surface area contributed by atoms with E-state index in [9.17, 15) is 9.59 Å². The largest absolute Gasteiger partial charge is 0.493 e. The predicted molar refractivity (Wildman–Crippen MR) is 158 cm³/mol. The first kappa shape index (κ1) is 27.6. The van der Waals surface area contributed by atoms with Gasteiger partial charge in [-0.15, -0.1) is 11.3 Å². The molecule has 2 aromatic carbocycles. The number of carbonyl (C=O) groups is 1. The number of allylic oxidation sites excluding steroid dienone is 1. The Morgan fingerprint density at radius 2 is 1.90 bits per heavy atom. The lowest BCUT2D eigenvalue weighted by Gasteiger charge is -2.23. The van der Waals surface area contributed by atoms with Crippen LogP contribution >= 0.6 is 22.7 Å². The maximum atomic E-state index is 13.8. The van der Waals surface area contributed by atoms with Crippen LogP contribution in [0.5, 0.6) is 11.5 Å². The van der Waals surface area contributed by atoms with Gasteiger partial charge in [-0.05, 0) is 53.6 Å². The van der Waals surface area contributed by atoms with Crippen molar-refractivity contribution in [2.24, 2.45) is 10.9 Å². The number of rotatable bonds is 9. The number of hydrogen-bond donors (Lipinski definition) is 0. The Hall–Kier alpha value is -3.95. The zero-order chi connectivity index (χ0) is 28.2. The van der Waals surface area contributed by atoms with Crippen molar-refractivity contribution in [3.8, 4) is 11.5 Å². The summed E-state index contributed by atoms with van der Waals surface area (Å²) >= 11 is 2.79. The molecule has 0 bridgehead atoms. The molecular formula is C31H30N2O5S2. The van der Waals surface area contributed by atoms with Crippen molar-refractivity contribution in [1.29, 1.82) is 0 Å². The molecule has 40 heavy (non-hydrogen) atoms. The van der Waals surface area contributed by atoms with Gasteiger partial charge in [0.05, 0.1) is 29.5 Å². The van der Waals surface area contributed by atoms with Gasteiger partial charge in [0.25, 0.3) is 5.56 Å². The fourth-order valence-electron chi connectivity index (χ4n) is 4.40. The van der Waals surface area contributed by atoms with Gasteiger partial charge in [0.15, 0.2) is 16.3 Å². The molecule has 2 aromatic heterocycles. The zero-order valence-corrected chi connectivity index (χ0v) is 24.4. The monoisotopic (exact) mass is 574 g/mol. The number of methoxy groups -OCH3 is 1. The molecule has 0 saturated heterocycles. The first-order valence-electron chi connectivity index (χ1n) is 12.9. The van der Waals surface area contributed by atoms with E-state index in [0.29, 0.717) is 45.3 Å². The molecule has 3 heterocycles. The number of fused-ring (bicyclic) bond motifs is 1. The zero-order valence-electron chi connectivity index (χ0n) is 22.7. The van der Waals surface area contributed by atoms with Gasteiger partial charge >= 0.3 is 5.97 Å². The third-order valence-electron chi connectivity index (χ3n) is 6.32. The van der Waals surface area contributed by atoms with Crippen LogP contribution in [0.3, 0.4) is 0 Å². The number of ether oxygens (including phenoxy) is 3. The lowest BCUT2D eigenvalue weighted by Crippen LogP contribution is -2.39. The van der Waals surface area contributed by atoms with Crippen LogP contribution in [0.25, 0.3) is 6.08 Å². The molecule has 1 atom stereocenters. The highest BCUT2D eigenvalue weighted by Gasteiger charge is 2.34. The minimum absolute atomic E-state index is 0.193. The van der Waals surface area contributed by atoms with Crippen molar-refractivity contribution in [1.82, 2.24) is 4.57 Å². The average molecular weight is 575 g/mol. The summed E-state index contributed by atoms with van der Waals surface area (Å²) in [6.45, 7) is 6.47. The molecule has 0 saturated carbocycles. The van der Waals surface area contributed by atoms with Crippen molar-refractivity contribution in [2.75, 3.05) is 13.7 Å². The van der Waals surface area contributed by atoms with Gasteiger partial charge in [0.1, 0.15) is 12.6 Å². The number of aromatic nitrogens is 1. The number of nitrogens with zero attached hydrogens (tertiary/aromatic N) is 2. The molecule has 0 aliphatic carbocycles. The Morgan fingerprint density at radius 3 is 2.60 bits per heavy atom. The summed E-state index contributed by atoms with van der Waals surface area (Å²) in [5.41, 5.74) is 2.57. The minimum Gasteiger partial charge on any atom is -0.493 e. The van der Waals surface area contributed by atoms with E-state index < -0.39 is 12.0 Å². The van der Waals surface area contributed by atoms with Crippen molar-refractivity contribution in [2.45, 2.75) is 33.4 Å². The maximum absolute atomic E-state index is 13.8. The van der Waals surface area contributed by atoms with Gasteiger partial charge < -0.3 is 14.2 Å². The quantitative estimate of drug-likeness (QED) is 0.261. The minimum atomic E-state index is -0.596. The van der Waals surface area contributed by atoms with E-state index in [1.54, 1.807) is 18.6 Å². The first-order chi connectivity index (χ1) is 19.4. The van der Waals surface area contributed by atoms with Gasteiger partial charge in [0, 0.05) is 4.88 Å². The average Bonchev–Trinajstić information content (AvgIpc) is 3.59. The van der Waals surface area contributed by atoms with Crippen LogP contribution in [0.15, 0.2) is 87.1 Å². The molecule has 0 radical (unpaired) electrons. The smallest absolute Gasteiger partial charge is 0.338 e. The number of carbonyl (C=O) groups excluding carboxylic acids is 1. The number of hydrogen-bond acceptors (Lipinski definition) is 8. The third kappa shape index (κ3) is 5.80. The third-order valence-corrected chi connectivity index (χ3v) is 8.23. The lowest BCUT2D eigenvalue weighted by atomic mass is 10.0. The van der Waals surface area contributed by atoms with E-state index >= 15 is 0 Å². The van der Waals surface area contributed by atoms with Crippen LogP contribution in [0.4, 0.5) is 0 Å². The van der Waals surface area contributed by atoms with E-state index in [-0.39, 0.29) is 11.5 Å². The Balaban J connectivity index is 1.51. The molecule has 5 rings (SSSR count). The topological polar surface area (TPSA) is 79.1 Å². The number of esters is 1. The summed E-state index contributed by atoms with van der Waals surface area (Å²) in [5.74, 6) is 0.930. The molecule has 0 unspecified atom stereocenters. The molecule has 206 valence electrons. The molecule has 0 N–H and O–H groups in total. The van der Waals surface area contributed by atoms with E-state index in [1.165, 1.54) is 22.7 Å². The summed E-state index contributed by atoms with van der Waals surface area (Å²) < 4.78 is 19.3. The predicted octanol–water partition coefficient (Wildman–Crippen LogP) is 5.08. The molecule has 0 fully saturated rings. The van der Waals surface area contributed by atoms with Gasteiger partial charge in [0.2, 0.25) is 0 Å². The fourth-order valence-corrected chi connectivity index (χ4v) is 6.27. The maximum Gasteiger partial charge on any atom is 0.338 e. The van der Waals surface area contributed by atoms with Crippen molar-refractivity contribution >= 4 is 34.7 Å². The van der Waals surface area contributed by atoms with E-state index in [0.717, 1.165) is 16.0 Å². The van der Waals surface area contributed by atoms with Crippen LogP contribution in [-0.2, 0) is 16.1 Å². The number of thiophene rings is 1. The van der Waals surface area contributed by atoms with Crippen LogP contribution in [0, 0.1) is 5.92 Å². The molecule has 0 spiro atoms. The van der Waals surface area contributed by atoms with Crippen LogP contribution in [0.1, 0.15) is 42.8 Å². The second-order valence-electron chi connectivity index (χ2n) is 9.77. The molecular weight excluding hydrogens is 544 g/mol. The van der Waals surface area contributed by atoms with Crippen molar-refractivity contribution < 1.29 is 19.0 Å². The Bertz CT molecular complexity index is 1720. The van der Waals surface area contributed by atoms with Gasteiger partial charge in [-0.3, -0.25) is 9.36 Å². The summed E-state index contributed by atoms with van der Waals surface area (Å²) in [5, 5.41) is 1.94. The normalized spacial score (nSPS) is 15.1. The van der Waals surface area contributed by atoms with E-state index in [4.69, 9.17) is 14.2 Å². The molecule has 9 heteroatoms. The molecule has 1 aliphatic rings.